The number of hydrogen-bond donors (Lipinski definition) is 3. The predicted molar refractivity (Wildman–Crippen MR) is 168 cm³/mol. The maximum atomic E-state index is 13.9. The van der Waals surface area contributed by atoms with E-state index in [-0.39, 0.29) is 17.8 Å². The van der Waals surface area contributed by atoms with Crippen molar-refractivity contribution in [2.24, 2.45) is 0 Å². The van der Waals surface area contributed by atoms with E-state index in [9.17, 15) is 13.2 Å². The molecule has 2 aliphatic rings. The first kappa shape index (κ1) is 29.7. The number of ether oxygens (including phenoxy) is 1. The second kappa shape index (κ2) is 13.1. The highest BCUT2D eigenvalue weighted by atomic mass is 32.2. The molecule has 6 rings (SSSR count). The van der Waals surface area contributed by atoms with Crippen molar-refractivity contribution in [2.75, 3.05) is 33.3 Å². The van der Waals surface area contributed by atoms with Gasteiger partial charge in [-0.3, -0.25) is 4.57 Å². The number of fused-ring (bicyclic) bond motifs is 1. The molecule has 2 saturated heterocycles. The van der Waals surface area contributed by atoms with E-state index in [0.29, 0.717) is 17.1 Å². The smallest absolute Gasteiger partial charge is 0.354 e. The summed E-state index contributed by atoms with van der Waals surface area (Å²) < 4.78 is 36.9. The van der Waals surface area contributed by atoms with E-state index in [1.54, 1.807) is 22.6 Å². The van der Waals surface area contributed by atoms with E-state index >= 15 is 0 Å². The molecule has 10 nitrogen and oxygen atoms in total. The lowest BCUT2D eigenvalue weighted by Crippen LogP contribution is -2.46. The van der Waals surface area contributed by atoms with Gasteiger partial charge in [-0.15, -0.1) is 0 Å². The Morgan fingerprint density at radius 3 is 2.53 bits per heavy atom. The Labute approximate surface area is 252 Å². The monoisotopic (exact) mass is 604 g/mol. The summed E-state index contributed by atoms with van der Waals surface area (Å²) in [5.41, 5.74) is 3.56. The summed E-state index contributed by atoms with van der Waals surface area (Å²) in [4.78, 5) is 20.6. The van der Waals surface area contributed by atoms with E-state index in [0.717, 1.165) is 92.7 Å². The fraction of sp³-hybridized carbons (Fsp3) is 0.438. The van der Waals surface area contributed by atoms with Crippen molar-refractivity contribution in [2.45, 2.75) is 62.1 Å². The van der Waals surface area contributed by atoms with Crippen LogP contribution in [0.1, 0.15) is 44.1 Å². The Kier molecular flexibility index (Phi) is 9.06. The maximum absolute atomic E-state index is 13.9. The van der Waals surface area contributed by atoms with Gasteiger partial charge in [-0.2, -0.15) is 9.29 Å². The van der Waals surface area contributed by atoms with Gasteiger partial charge < -0.3 is 20.4 Å². The summed E-state index contributed by atoms with van der Waals surface area (Å²) in [6, 6.07) is 16.7. The number of nitrogens with one attached hydrogen (secondary N) is 3. The fourth-order valence-electron chi connectivity index (χ4n) is 6.20. The first-order valence-electron chi connectivity index (χ1n) is 15.2. The molecule has 2 aromatic carbocycles. The van der Waals surface area contributed by atoms with Crippen molar-refractivity contribution >= 4 is 21.1 Å². The number of hydrogen-bond acceptors (Lipinski definition) is 7. The second-order valence-electron chi connectivity index (χ2n) is 11.5. The van der Waals surface area contributed by atoms with E-state index in [4.69, 9.17) is 4.74 Å². The van der Waals surface area contributed by atoms with Crippen LogP contribution in [0.25, 0.3) is 28.0 Å². The van der Waals surface area contributed by atoms with Crippen molar-refractivity contribution in [3.05, 3.63) is 76.8 Å². The Hall–Kier alpha value is -3.35. The number of aromatic amines is 1. The molecule has 43 heavy (non-hydrogen) atoms. The van der Waals surface area contributed by atoms with E-state index in [1.807, 2.05) is 49.5 Å². The number of benzene rings is 2. The van der Waals surface area contributed by atoms with Gasteiger partial charge in [-0.05, 0) is 100 Å². The molecule has 0 amide bonds. The highest BCUT2D eigenvalue weighted by Crippen LogP contribution is 2.28. The SMILES string of the molecule is CNCc1ccc(-n2cc3cc(-c4ccc(S(=O)(=O)N(CCCC5CCCO5)C5CCNCC5)cc4)[nH]c3nc2=O)cc1. The molecular formula is C32H40N6O4S. The van der Waals surface area contributed by atoms with Crippen molar-refractivity contribution in [3.8, 4) is 16.9 Å². The molecule has 3 N–H and O–H groups in total. The number of H-pyrrole nitrogens is 1. The zero-order chi connectivity index (χ0) is 29.8. The van der Waals surface area contributed by atoms with Crippen LogP contribution in [-0.4, -0.2) is 72.7 Å². The van der Waals surface area contributed by atoms with Crippen LogP contribution in [0.3, 0.4) is 0 Å². The lowest BCUT2D eigenvalue weighted by atomic mass is 10.1. The molecule has 2 fully saturated rings. The van der Waals surface area contributed by atoms with Gasteiger partial charge in [-0.1, -0.05) is 24.3 Å². The lowest BCUT2D eigenvalue weighted by molar-refractivity contribution is 0.0997. The third-order valence-electron chi connectivity index (χ3n) is 8.52. The minimum absolute atomic E-state index is 0.0114. The van der Waals surface area contributed by atoms with E-state index < -0.39 is 10.0 Å². The van der Waals surface area contributed by atoms with Gasteiger partial charge in [0.1, 0.15) is 5.65 Å². The number of aromatic nitrogens is 3. The maximum Gasteiger partial charge on any atom is 0.354 e. The van der Waals surface area contributed by atoms with Crippen molar-refractivity contribution in [1.29, 1.82) is 0 Å². The molecule has 1 unspecified atom stereocenters. The van der Waals surface area contributed by atoms with E-state index in [1.165, 1.54) is 4.57 Å². The molecule has 4 heterocycles. The third kappa shape index (κ3) is 6.61. The van der Waals surface area contributed by atoms with Gasteiger partial charge in [0.15, 0.2) is 0 Å². The van der Waals surface area contributed by atoms with Crippen LogP contribution in [0.2, 0.25) is 0 Å². The van der Waals surface area contributed by atoms with Crippen molar-refractivity contribution in [1.82, 2.24) is 29.5 Å². The quantitative estimate of drug-likeness (QED) is 0.238. The van der Waals surface area contributed by atoms with Crippen LogP contribution in [0.4, 0.5) is 0 Å². The molecular weight excluding hydrogens is 564 g/mol. The normalized spacial score (nSPS) is 18.1. The van der Waals surface area contributed by atoms with E-state index in [2.05, 4.69) is 20.6 Å². The molecule has 0 aliphatic carbocycles. The van der Waals surface area contributed by atoms with Crippen LogP contribution in [-0.2, 0) is 21.3 Å². The summed E-state index contributed by atoms with van der Waals surface area (Å²) in [7, 11) is -1.78. The number of sulfonamides is 1. The molecule has 11 heteroatoms. The summed E-state index contributed by atoms with van der Waals surface area (Å²) in [5.74, 6) is 0. The average molecular weight is 605 g/mol. The first-order chi connectivity index (χ1) is 20.9. The van der Waals surface area contributed by atoms with Gasteiger partial charge in [0.2, 0.25) is 10.0 Å². The standard InChI is InChI=1S/C32H40N6O4S/c1-33-21-23-6-10-26(11-7-23)37-22-25-20-30(35-31(25)36-32(37)39)24-8-12-29(13-9-24)43(40,41)38(27-14-16-34-17-15-27)18-2-4-28-5-3-19-42-28/h6-13,20,22,27-28,33-34H,2-5,14-19,21H2,1H3,(H,35,36,39). The molecule has 228 valence electrons. The zero-order valence-electron chi connectivity index (χ0n) is 24.6. The molecule has 0 bridgehead atoms. The molecule has 0 spiro atoms. The average Bonchev–Trinajstić information content (AvgIpc) is 3.70. The summed E-state index contributed by atoms with van der Waals surface area (Å²) >= 11 is 0. The summed E-state index contributed by atoms with van der Waals surface area (Å²) in [5, 5.41) is 7.25. The van der Waals surface area contributed by atoms with Crippen molar-refractivity contribution in [3.63, 3.8) is 0 Å². The Morgan fingerprint density at radius 1 is 1.07 bits per heavy atom. The van der Waals surface area contributed by atoms with Crippen LogP contribution in [0, 0.1) is 0 Å². The lowest BCUT2D eigenvalue weighted by Gasteiger charge is -2.34. The van der Waals surface area contributed by atoms with Crippen LogP contribution >= 0.6 is 0 Å². The topological polar surface area (TPSA) is 121 Å². The van der Waals surface area contributed by atoms with Gasteiger partial charge >= 0.3 is 5.69 Å². The number of piperidine rings is 1. The Morgan fingerprint density at radius 2 is 1.84 bits per heavy atom. The Bertz CT molecular complexity index is 1690. The minimum atomic E-state index is -3.68. The summed E-state index contributed by atoms with van der Waals surface area (Å²) in [6.45, 7) is 3.70. The van der Waals surface area contributed by atoms with Gasteiger partial charge in [0, 0.05) is 43.0 Å². The molecule has 2 aliphatic heterocycles. The second-order valence-corrected chi connectivity index (χ2v) is 13.4. The molecule has 1 atom stereocenters. The summed E-state index contributed by atoms with van der Waals surface area (Å²) in [6.07, 6.45) is 7.46. The van der Waals surface area contributed by atoms with Gasteiger partial charge in [0.05, 0.1) is 16.7 Å². The van der Waals surface area contributed by atoms with Crippen molar-refractivity contribution < 1.29 is 13.2 Å². The van der Waals surface area contributed by atoms with Crippen LogP contribution in [0.15, 0.2) is 70.5 Å². The number of rotatable bonds is 11. The number of nitrogens with zero attached hydrogens (tertiary/aromatic N) is 3. The van der Waals surface area contributed by atoms with Crippen LogP contribution in [0.5, 0.6) is 0 Å². The zero-order valence-corrected chi connectivity index (χ0v) is 25.4. The molecule has 0 radical (unpaired) electrons. The largest absolute Gasteiger partial charge is 0.378 e. The third-order valence-corrected chi connectivity index (χ3v) is 10.5. The van der Waals surface area contributed by atoms with Crippen LogP contribution < -0.4 is 16.3 Å². The highest BCUT2D eigenvalue weighted by molar-refractivity contribution is 7.89. The molecule has 0 saturated carbocycles. The highest BCUT2D eigenvalue weighted by Gasteiger charge is 2.32. The van der Waals surface area contributed by atoms with Gasteiger partial charge in [-0.25, -0.2) is 13.2 Å². The molecule has 4 aromatic rings. The van der Waals surface area contributed by atoms with Gasteiger partial charge in [0.25, 0.3) is 0 Å². The minimum Gasteiger partial charge on any atom is -0.378 e. The predicted octanol–water partition coefficient (Wildman–Crippen LogP) is 3.80. The first-order valence-corrected chi connectivity index (χ1v) is 16.7. The molecule has 2 aromatic heterocycles. The Balaban J connectivity index is 1.22. The fourth-order valence-corrected chi connectivity index (χ4v) is 7.92.